The molecule has 5 nitrogen and oxygen atoms in total. The standard InChI is InChI=1S/C11H14N4OS/c1-6(13-11(17)12-2)7-3-4-8-9(5-7)15-10(16)14-8/h3-6H,1-2H3,(H2,12,13,17)(H2,14,15,16)/t6-/m0/s1. The zero-order valence-electron chi connectivity index (χ0n) is 9.63. The second kappa shape index (κ2) is 4.58. The molecule has 0 amide bonds. The number of benzene rings is 1. The molecule has 90 valence electrons. The van der Waals surface area contributed by atoms with Crippen molar-refractivity contribution in [2.24, 2.45) is 0 Å². The fourth-order valence-electron chi connectivity index (χ4n) is 1.67. The molecule has 0 fully saturated rings. The highest BCUT2D eigenvalue weighted by Gasteiger charge is 2.07. The lowest BCUT2D eigenvalue weighted by Crippen LogP contribution is -2.34. The summed E-state index contributed by atoms with van der Waals surface area (Å²) in [5, 5.41) is 6.60. The van der Waals surface area contributed by atoms with Gasteiger partial charge in [-0.2, -0.15) is 0 Å². The molecule has 1 atom stereocenters. The minimum atomic E-state index is -0.191. The predicted octanol–water partition coefficient (Wildman–Crippen LogP) is 1.01. The first kappa shape index (κ1) is 11.7. The van der Waals surface area contributed by atoms with Gasteiger partial charge in [0.05, 0.1) is 17.1 Å². The van der Waals surface area contributed by atoms with Crippen molar-refractivity contribution in [3.63, 3.8) is 0 Å². The van der Waals surface area contributed by atoms with E-state index in [9.17, 15) is 4.79 Å². The number of rotatable bonds is 2. The molecule has 2 aromatic rings. The van der Waals surface area contributed by atoms with Crippen LogP contribution >= 0.6 is 12.2 Å². The van der Waals surface area contributed by atoms with Gasteiger partial charge in [-0.05, 0) is 36.8 Å². The number of H-pyrrole nitrogens is 2. The number of thiocarbonyl (C=S) groups is 1. The van der Waals surface area contributed by atoms with Gasteiger partial charge in [-0.25, -0.2) is 4.79 Å². The first-order valence-electron chi connectivity index (χ1n) is 5.30. The van der Waals surface area contributed by atoms with E-state index in [2.05, 4.69) is 20.6 Å². The van der Waals surface area contributed by atoms with Crippen molar-refractivity contribution in [1.29, 1.82) is 0 Å². The van der Waals surface area contributed by atoms with Crippen molar-refractivity contribution in [1.82, 2.24) is 20.6 Å². The van der Waals surface area contributed by atoms with Crippen LogP contribution in [0.15, 0.2) is 23.0 Å². The quantitative estimate of drug-likeness (QED) is 0.600. The third-order valence-electron chi connectivity index (χ3n) is 2.61. The highest BCUT2D eigenvalue weighted by atomic mass is 32.1. The summed E-state index contributed by atoms with van der Waals surface area (Å²) in [5.41, 5.74) is 2.48. The van der Waals surface area contributed by atoms with E-state index in [-0.39, 0.29) is 11.7 Å². The number of fused-ring (bicyclic) bond motifs is 1. The first-order chi connectivity index (χ1) is 8.10. The number of aromatic amines is 2. The molecule has 2 rings (SSSR count). The van der Waals surface area contributed by atoms with Crippen LogP contribution in [0.2, 0.25) is 0 Å². The molecule has 0 unspecified atom stereocenters. The van der Waals surface area contributed by atoms with E-state index >= 15 is 0 Å². The second-order valence-corrected chi connectivity index (χ2v) is 4.24. The summed E-state index contributed by atoms with van der Waals surface area (Å²) in [7, 11) is 1.77. The fraction of sp³-hybridized carbons (Fsp3) is 0.273. The summed E-state index contributed by atoms with van der Waals surface area (Å²) >= 11 is 5.05. The van der Waals surface area contributed by atoms with Crippen LogP contribution in [0.1, 0.15) is 18.5 Å². The van der Waals surface area contributed by atoms with E-state index in [1.807, 2.05) is 25.1 Å². The van der Waals surface area contributed by atoms with Gasteiger partial charge < -0.3 is 20.6 Å². The number of imidazole rings is 1. The van der Waals surface area contributed by atoms with Crippen LogP contribution in [-0.2, 0) is 0 Å². The van der Waals surface area contributed by atoms with E-state index in [1.54, 1.807) is 7.05 Å². The predicted molar refractivity (Wildman–Crippen MR) is 72.1 cm³/mol. The smallest absolute Gasteiger partial charge is 0.323 e. The van der Waals surface area contributed by atoms with Crippen LogP contribution in [-0.4, -0.2) is 22.1 Å². The first-order valence-corrected chi connectivity index (χ1v) is 5.71. The number of hydrogen-bond donors (Lipinski definition) is 4. The normalized spacial score (nSPS) is 12.4. The van der Waals surface area contributed by atoms with Crippen molar-refractivity contribution in [3.05, 3.63) is 34.2 Å². The summed E-state index contributed by atoms with van der Waals surface area (Å²) in [4.78, 5) is 16.6. The Labute approximate surface area is 104 Å². The fourth-order valence-corrected chi connectivity index (χ4v) is 1.85. The largest absolute Gasteiger partial charge is 0.366 e. The van der Waals surface area contributed by atoms with Crippen LogP contribution in [0, 0.1) is 0 Å². The van der Waals surface area contributed by atoms with E-state index in [0.29, 0.717) is 5.11 Å². The molecule has 1 aromatic heterocycles. The van der Waals surface area contributed by atoms with Gasteiger partial charge in [0.2, 0.25) is 0 Å². The van der Waals surface area contributed by atoms with Crippen molar-refractivity contribution in [2.45, 2.75) is 13.0 Å². The summed E-state index contributed by atoms with van der Waals surface area (Å²) < 4.78 is 0. The molecule has 0 radical (unpaired) electrons. The summed E-state index contributed by atoms with van der Waals surface area (Å²) in [6.07, 6.45) is 0. The number of aromatic nitrogens is 2. The maximum atomic E-state index is 11.1. The summed E-state index contributed by atoms with van der Waals surface area (Å²) in [6.45, 7) is 2.01. The van der Waals surface area contributed by atoms with Gasteiger partial charge in [-0.15, -0.1) is 0 Å². The maximum Gasteiger partial charge on any atom is 0.323 e. The van der Waals surface area contributed by atoms with Crippen LogP contribution in [0.3, 0.4) is 0 Å². The van der Waals surface area contributed by atoms with Gasteiger partial charge in [-0.3, -0.25) is 0 Å². The molecule has 0 aliphatic carbocycles. The third kappa shape index (κ3) is 2.47. The average molecular weight is 250 g/mol. The van der Waals surface area contributed by atoms with Crippen molar-refractivity contribution in [2.75, 3.05) is 7.05 Å². The van der Waals surface area contributed by atoms with E-state index < -0.39 is 0 Å². The molecule has 1 aromatic carbocycles. The molecule has 0 aliphatic heterocycles. The zero-order valence-corrected chi connectivity index (χ0v) is 10.4. The lowest BCUT2D eigenvalue weighted by molar-refractivity contribution is 0.710. The minimum absolute atomic E-state index is 0.0813. The van der Waals surface area contributed by atoms with E-state index in [4.69, 9.17) is 12.2 Å². The number of hydrogen-bond acceptors (Lipinski definition) is 2. The molecule has 0 saturated carbocycles. The van der Waals surface area contributed by atoms with Crippen molar-refractivity contribution < 1.29 is 0 Å². The molecule has 0 aliphatic rings. The molecular weight excluding hydrogens is 236 g/mol. The van der Waals surface area contributed by atoms with Gasteiger partial charge in [0.1, 0.15) is 0 Å². The topological polar surface area (TPSA) is 72.7 Å². The molecule has 1 heterocycles. The van der Waals surface area contributed by atoms with Crippen molar-refractivity contribution >= 4 is 28.4 Å². The summed E-state index contributed by atoms with van der Waals surface area (Å²) in [6, 6.07) is 5.85. The maximum absolute atomic E-state index is 11.1. The van der Waals surface area contributed by atoms with Gasteiger partial charge >= 0.3 is 5.69 Å². The van der Waals surface area contributed by atoms with E-state index in [0.717, 1.165) is 16.6 Å². The molecular formula is C11H14N4OS. The van der Waals surface area contributed by atoms with Crippen LogP contribution < -0.4 is 16.3 Å². The van der Waals surface area contributed by atoms with Gasteiger partial charge in [-0.1, -0.05) is 6.07 Å². The molecule has 17 heavy (non-hydrogen) atoms. The number of nitrogens with one attached hydrogen (secondary N) is 4. The lowest BCUT2D eigenvalue weighted by atomic mass is 10.1. The Hall–Kier alpha value is -1.82. The molecule has 0 bridgehead atoms. The van der Waals surface area contributed by atoms with E-state index in [1.165, 1.54) is 0 Å². The van der Waals surface area contributed by atoms with Gasteiger partial charge in [0.25, 0.3) is 0 Å². The Morgan fingerprint density at radius 1 is 1.35 bits per heavy atom. The van der Waals surface area contributed by atoms with Crippen LogP contribution in [0.25, 0.3) is 11.0 Å². The monoisotopic (exact) mass is 250 g/mol. The zero-order chi connectivity index (χ0) is 12.4. The third-order valence-corrected chi connectivity index (χ3v) is 2.94. The second-order valence-electron chi connectivity index (χ2n) is 3.83. The highest BCUT2D eigenvalue weighted by molar-refractivity contribution is 7.80. The van der Waals surface area contributed by atoms with Crippen LogP contribution in [0.5, 0.6) is 0 Å². The summed E-state index contributed by atoms with van der Waals surface area (Å²) in [5.74, 6) is 0. The minimum Gasteiger partial charge on any atom is -0.366 e. The molecule has 4 N–H and O–H groups in total. The Balaban J connectivity index is 2.29. The van der Waals surface area contributed by atoms with Crippen molar-refractivity contribution in [3.8, 4) is 0 Å². The highest BCUT2D eigenvalue weighted by Crippen LogP contribution is 2.16. The Kier molecular flexibility index (Phi) is 3.14. The van der Waals surface area contributed by atoms with Gasteiger partial charge in [0.15, 0.2) is 5.11 Å². The Morgan fingerprint density at radius 2 is 2.06 bits per heavy atom. The lowest BCUT2D eigenvalue weighted by Gasteiger charge is -2.15. The Morgan fingerprint density at radius 3 is 2.76 bits per heavy atom. The molecule has 0 spiro atoms. The molecule has 6 heteroatoms. The Bertz CT molecular complexity index is 601. The van der Waals surface area contributed by atoms with Crippen LogP contribution in [0.4, 0.5) is 0 Å². The van der Waals surface area contributed by atoms with Gasteiger partial charge in [0, 0.05) is 7.05 Å². The SMILES string of the molecule is CNC(=S)N[C@@H](C)c1ccc2[nH]c(=O)[nH]c2c1. The average Bonchev–Trinajstić information content (AvgIpc) is 2.67. The molecule has 0 saturated heterocycles.